The average Bonchev–Trinajstić information content (AvgIpc) is 3.19. The van der Waals surface area contributed by atoms with Crippen LogP contribution in [0.2, 0.25) is 0 Å². The van der Waals surface area contributed by atoms with Crippen molar-refractivity contribution >= 4 is 11.6 Å². The summed E-state index contributed by atoms with van der Waals surface area (Å²) in [5.74, 6) is 0.0234. The number of anilines is 1. The fourth-order valence-corrected chi connectivity index (χ4v) is 2.03. The summed E-state index contributed by atoms with van der Waals surface area (Å²) < 4.78 is 0. The summed E-state index contributed by atoms with van der Waals surface area (Å²) in [5.41, 5.74) is 1.71. The lowest BCUT2D eigenvalue weighted by Gasteiger charge is -2.22. The van der Waals surface area contributed by atoms with Gasteiger partial charge in [-0.2, -0.15) is 0 Å². The highest BCUT2D eigenvalue weighted by atomic mass is 16.3. The van der Waals surface area contributed by atoms with E-state index in [1.54, 1.807) is 4.90 Å². The number of aliphatic hydroxyl groups is 1. The lowest BCUT2D eigenvalue weighted by atomic mass is 10.1. The third-order valence-electron chi connectivity index (χ3n) is 3.20. The molecular formula is C14H20N2O2. The Hall–Kier alpha value is -1.55. The minimum Gasteiger partial charge on any atom is -0.395 e. The van der Waals surface area contributed by atoms with Gasteiger partial charge in [0.15, 0.2) is 0 Å². The number of aliphatic hydroxyl groups excluding tert-OH is 1. The standard InChI is InChI=1S/C14H20N2O2/c1-15(2)13-5-3-4-11(10-13)14(18)16(8-9-17)12-6-7-12/h3-5,10,12,17H,6-9H2,1-2H3. The third-order valence-corrected chi connectivity index (χ3v) is 3.20. The molecule has 1 aromatic carbocycles. The molecule has 0 spiro atoms. The predicted molar refractivity (Wildman–Crippen MR) is 71.9 cm³/mol. The maximum absolute atomic E-state index is 12.4. The Morgan fingerprint density at radius 2 is 2.11 bits per heavy atom. The molecule has 1 N–H and O–H groups in total. The van der Waals surface area contributed by atoms with Crippen LogP contribution in [0.25, 0.3) is 0 Å². The van der Waals surface area contributed by atoms with Crippen molar-refractivity contribution < 1.29 is 9.90 Å². The highest BCUT2D eigenvalue weighted by Crippen LogP contribution is 2.28. The van der Waals surface area contributed by atoms with Crippen LogP contribution in [0.4, 0.5) is 5.69 Å². The summed E-state index contributed by atoms with van der Waals surface area (Å²) in [6.07, 6.45) is 2.11. The van der Waals surface area contributed by atoms with Gasteiger partial charge in [0.2, 0.25) is 0 Å². The zero-order valence-corrected chi connectivity index (χ0v) is 11.0. The van der Waals surface area contributed by atoms with Crippen LogP contribution in [0, 0.1) is 0 Å². The molecule has 2 rings (SSSR count). The molecule has 0 heterocycles. The minimum absolute atomic E-state index is 0.0234. The summed E-state index contributed by atoms with van der Waals surface area (Å²) in [4.78, 5) is 16.2. The molecule has 1 amide bonds. The minimum atomic E-state index is 0.0234. The van der Waals surface area contributed by atoms with Gasteiger partial charge in [0, 0.05) is 37.9 Å². The Bertz CT molecular complexity index is 428. The number of hydrogen-bond donors (Lipinski definition) is 1. The smallest absolute Gasteiger partial charge is 0.254 e. The molecular weight excluding hydrogens is 228 g/mol. The molecule has 4 heteroatoms. The molecule has 98 valence electrons. The van der Waals surface area contributed by atoms with Gasteiger partial charge in [0.1, 0.15) is 0 Å². The fourth-order valence-electron chi connectivity index (χ4n) is 2.03. The van der Waals surface area contributed by atoms with Crippen molar-refractivity contribution in [3.8, 4) is 0 Å². The van der Waals surface area contributed by atoms with Crippen molar-refractivity contribution in [2.45, 2.75) is 18.9 Å². The molecule has 4 nitrogen and oxygen atoms in total. The summed E-state index contributed by atoms with van der Waals surface area (Å²) in [6, 6.07) is 7.93. The van der Waals surface area contributed by atoms with Gasteiger partial charge in [-0.15, -0.1) is 0 Å². The molecule has 0 saturated heterocycles. The Morgan fingerprint density at radius 1 is 1.39 bits per heavy atom. The number of rotatable bonds is 5. The van der Waals surface area contributed by atoms with E-state index in [-0.39, 0.29) is 12.5 Å². The molecule has 0 radical (unpaired) electrons. The Balaban J connectivity index is 2.18. The third kappa shape index (κ3) is 2.82. The van der Waals surface area contributed by atoms with Crippen molar-refractivity contribution in [1.29, 1.82) is 0 Å². The van der Waals surface area contributed by atoms with Gasteiger partial charge in [-0.1, -0.05) is 6.07 Å². The maximum Gasteiger partial charge on any atom is 0.254 e. The molecule has 1 fully saturated rings. The topological polar surface area (TPSA) is 43.8 Å². The first-order valence-electron chi connectivity index (χ1n) is 6.32. The zero-order valence-electron chi connectivity index (χ0n) is 11.0. The summed E-state index contributed by atoms with van der Waals surface area (Å²) >= 11 is 0. The van der Waals surface area contributed by atoms with Crippen LogP contribution in [-0.2, 0) is 0 Å². The maximum atomic E-state index is 12.4. The van der Waals surface area contributed by atoms with Gasteiger partial charge >= 0.3 is 0 Å². The Labute approximate surface area is 108 Å². The van der Waals surface area contributed by atoms with E-state index in [2.05, 4.69) is 0 Å². The van der Waals surface area contributed by atoms with Crippen LogP contribution in [-0.4, -0.2) is 49.2 Å². The van der Waals surface area contributed by atoms with Crippen molar-refractivity contribution in [2.75, 3.05) is 32.1 Å². The first kappa shape index (κ1) is 12.9. The largest absolute Gasteiger partial charge is 0.395 e. The Morgan fingerprint density at radius 3 is 2.67 bits per heavy atom. The van der Waals surface area contributed by atoms with Gasteiger partial charge < -0.3 is 14.9 Å². The summed E-state index contributed by atoms with van der Waals surface area (Å²) in [5, 5.41) is 9.05. The Kier molecular flexibility index (Phi) is 3.87. The number of carbonyl (C=O) groups is 1. The number of benzene rings is 1. The monoisotopic (exact) mass is 248 g/mol. The van der Waals surface area contributed by atoms with Crippen LogP contribution in [0.3, 0.4) is 0 Å². The molecule has 18 heavy (non-hydrogen) atoms. The highest BCUT2D eigenvalue weighted by Gasteiger charge is 2.32. The van der Waals surface area contributed by atoms with E-state index in [9.17, 15) is 4.79 Å². The SMILES string of the molecule is CN(C)c1cccc(C(=O)N(CCO)C2CC2)c1. The van der Waals surface area contributed by atoms with E-state index in [0.29, 0.717) is 18.2 Å². The van der Waals surface area contributed by atoms with Crippen molar-refractivity contribution in [2.24, 2.45) is 0 Å². The second kappa shape index (κ2) is 5.40. The first-order valence-corrected chi connectivity index (χ1v) is 6.32. The van der Waals surface area contributed by atoms with E-state index in [1.165, 1.54) is 0 Å². The molecule has 1 aliphatic carbocycles. The van der Waals surface area contributed by atoms with E-state index < -0.39 is 0 Å². The number of nitrogens with zero attached hydrogens (tertiary/aromatic N) is 2. The first-order chi connectivity index (χ1) is 8.63. The van der Waals surface area contributed by atoms with E-state index >= 15 is 0 Å². The van der Waals surface area contributed by atoms with E-state index in [1.807, 2.05) is 43.3 Å². The lowest BCUT2D eigenvalue weighted by Crippen LogP contribution is -2.35. The van der Waals surface area contributed by atoms with Crippen LogP contribution >= 0.6 is 0 Å². The summed E-state index contributed by atoms with van der Waals surface area (Å²) in [6.45, 7) is 0.450. The van der Waals surface area contributed by atoms with Gasteiger partial charge in [0.05, 0.1) is 6.61 Å². The van der Waals surface area contributed by atoms with Crippen LogP contribution < -0.4 is 4.90 Å². The molecule has 0 unspecified atom stereocenters. The fraction of sp³-hybridized carbons (Fsp3) is 0.500. The quantitative estimate of drug-likeness (QED) is 0.855. The molecule has 1 saturated carbocycles. The van der Waals surface area contributed by atoms with Crippen molar-refractivity contribution in [3.63, 3.8) is 0 Å². The second-order valence-electron chi connectivity index (χ2n) is 4.90. The average molecular weight is 248 g/mol. The molecule has 1 aromatic rings. The lowest BCUT2D eigenvalue weighted by molar-refractivity contribution is 0.0707. The number of carbonyl (C=O) groups excluding carboxylic acids is 1. The molecule has 0 bridgehead atoms. The molecule has 0 aromatic heterocycles. The van der Waals surface area contributed by atoms with Crippen LogP contribution in [0.1, 0.15) is 23.2 Å². The normalized spacial score (nSPS) is 14.4. The molecule has 1 aliphatic rings. The molecule has 0 atom stereocenters. The van der Waals surface area contributed by atoms with Crippen molar-refractivity contribution in [1.82, 2.24) is 4.90 Å². The van der Waals surface area contributed by atoms with Crippen molar-refractivity contribution in [3.05, 3.63) is 29.8 Å². The predicted octanol–water partition coefficient (Wildman–Crippen LogP) is 1.35. The van der Waals surface area contributed by atoms with E-state index in [4.69, 9.17) is 5.11 Å². The zero-order chi connectivity index (χ0) is 13.1. The van der Waals surface area contributed by atoms with Gasteiger partial charge in [0.25, 0.3) is 5.91 Å². The second-order valence-corrected chi connectivity index (χ2v) is 4.90. The molecule has 0 aliphatic heterocycles. The van der Waals surface area contributed by atoms with Gasteiger partial charge in [-0.3, -0.25) is 4.79 Å². The van der Waals surface area contributed by atoms with Gasteiger partial charge in [-0.25, -0.2) is 0 Å². The number of hydrogen-bond acceptors (Lipinski definition) is 3. The number of amides is 1. The highest BCUT2D eigenvalue weighted by molar-refractivity contribution is 5.95. The summed E-state index contributed by atoms with van der Waals surface area (Å²) in [7, 11) is 3.91. The van der Waals surface area contributed by atoms with Gasteiger partial charge in [-0.05, 0) is 31.0 Å². The van der Waals surface area contributed by atoms with Crippen LogP contribution in [0.15, 0.2) is 24.3 Å². The van der Waals surface area contributed by atoms with E-state index in [0.717, 1.165) is 18.5 Å². The van der Waals surface area contributed by atoms with Crippen LogP contribution in [0.5, 0.6) is 0 Å².